The summed E-state index contributed by atoms with van der Waals surface area (Å²) in [6.45, 7) is -0.863. The average Bonchev–Trinajstić information content (AvgIpc) is 2.74. The lowest BCUT2D eigenvalue weighted by molar-refractivity contribution is -0.139. The Morgan fingerprint density at radius 1 is 0.541 bits per heavy atom. The van der Waals surface area contributed by atoms with E-state index in [1.54, 1.807) is 0 Å². The number of amides is 8. The van der Waals surface area contributed by atoms with Crippen LogP contribution < -0.4 is 49.9 Å². The lowest BCUT2D eigenvalue weighted by Crippen LogP contribution is -2.59. The summed E-state index contributed by atoms with van der Waals surface area (Å²) < 4.78 is 0. The fourth-order valence-electron chi connectivity index (χ4n) is 2.65. The first-order valence-corrected chi connectivity index (χ1v) is 10.3. The van der Waals surface area contributed by atoms with E-state index in [0.29, 0.717) is 0 Å². The summed E-state index contributed by atoms with van der Waals surface area (Å²) in [5, 5.41) is 16.7. The number of nitrogens with two attached hydrogens (primary N) is 5. The van der Waals surface area contributed by atoms with Crippen molar-refractivity contribution in [2.45, 2.75) is 49.9 Å². The van der Waals surface area contributed by atoms with Crippen LogP contribution in [0, 0.1) is 0 Å². The largest absolute Gasteiger partial charge is 0.480 e. The lowest BCUT2D eigenvalue weighted by atomic mass is 10.1. The second-order valence-corrected chi connectivity index (χ2v) is 7.58. The maximum Gasteiger partial charge on any atom is 0.322 e. The van der Waals surface area contributed by atoms with E-state index in [-0.39, 0.29) is 0 Å². The quantitative estimate of drug-likeness (QED) is 0.0839. The minimum Gasteiger partial charge on any atom is -0.480 e. The van der Waals surface area contributed by atoms with Gasteiger partial charge in [-0.3, -0.25) is 43.2 Å². The van der Waals surface area contributed by atoms with Crippen molar-refractivity contribution in [3.05, 3.63) is 0 Å². The molecule has 0 aliphatic heterocycles. The first-order chi connectivity index (χ1) is 17.0. The van der Waals surface area contributed by atoms with Crippen LogP contribution in [0.2, 0.25) is 0 Å². The maximum absolute atomic E-state index is 12.7. The minimum absolute atomic E-state index is 0.603. The predicted molar refractivity (Wildman–Crippen MR) is 120 cm³/mol. The number of carboxylic acid groups (broad SMARTS) is 1. The van der Waals surface area contributed by atoms with Crippen LogP contribution in [0.4, 0.5) is 0 Å². The lowest BCUT2D eigenvalue weighted by Gasteiger charge is -2.24. The second kappa shape index (κ2) is 15.2. The molecule has 0 saturated heterocycles. The van der Waals surface area contributed by atoms with Crippen molar-refractivity contribution in [3.63, 3.8) is 0 Å². The number of aliphatic carboxylic acids is 1. The zero-order valence-corrected chi connectivity index (χ0v) is 19.4. The monoisotopic (exact) mass is 531 g/mol. The molecule has 0 aromatic carbocycles. The Morgan fingerprint density at radius 3 is 1.19 bits per heavy atom. The van der Waals surface area contributed by atoms with Crippen molar-refractivity contribution < 1.29 is 48.3 Å². The Bertz CT molecular complexity index is 954. The Balaban J connectivity index is 5.73. The summed E-state index contributed by atoms with van der Waals surface area (Å²) in [6, 6.07) is -6.74. The van der Waals surface area contributed by atoms with Gasteiger partial charge in [0, 0.05) is 0 Å². The zero-order valence-electron chi connectivity index (χ0n) is 19.4. The third-order valence-corrected chi connectivity index (χ3v) is 4.29. The molecular weight excluding hydrogens is 502 g/mol. The van der Waals surface area contributed by atoms with Gasteiger partial charge in [0.1, 0.15) is 24.7 Å². The van der Waals surface area contributed by atoms with Gasteiger partial charge in [0.15, 0.2) is 0 Å². The van der Waals surface area contributed by atoms with Crippen LogP contribution >= 0.6 is 0 Å². The number of nitrogens with one attached hydrogen (secondary N) is 4. The zero-order chi connectivity index (χ0) is 28.9. The maximum atomic E-state index is 12.7. The van der Waals surface area contributed by atoms with E-state index in [2.05, 4.69) is 0 Å². The van der Waals surface area contributed by atoms with E-state index in [4.69, 9.17) is 33.8 Å². The number of carbonyl (C=O) groups excluding carboxylic acids is 8. The number of rotatable bonds is 17. The summed E-state index contributed by atoms with van der Waals surface area (Å²) in [4.78, 5) is 105. The summed E-state index contributed by atoms with van der Waals surface area (Å²) >= 11 is 0. The van der Waals surface area contributed by atoms with Crippen LogP contribution in [0.25, 0.3) is 0 Å². The molecule has 19 nitrogen and oxygen atoms in total. The summed E-state index contributed by atoms with van der Waals surface area (Å²) in [5.74, 6) is -10.3. The average molecular weight is 531 g/mol. The molecule has 0 bridgehead atoms. The molecule has 0 fully saturated rings. The highest BCUT2D eigenvalue weighted by atomic mass is 16.4. The van der Waals surface area contributed by atoms with Crippen LogP contribution in [0.3, 0.4) is 0 Å². The van der Waals surface area contributed by atoms with Crippen LogP contribution in [0.5, 0.6) is 0 Å². The molecule has 206 valence electrons. The van der Waals surface area contributed by atoms with Gasteiger partial charge in [-0.05, 0) is 0 Å². The molecule has 0 aliphatic carbocycles. The van der Waals surface area contributed by atoms with Gasteiger partial charge in [-0.15, -0.1) is 0 Å². The van der Waals surface area contributed by atoms with Gasteiger partial charge in [0.2, 0.25) is 47.3 Å². The standard InChI is InChI=1S/C18H29N9O10/c19-6(1-10(20)28)15(34)25-8(3-12(22)30)17(36)27-9(4-13(23)31)18(37)26-7(2-11(21)29)16(35)24-5-14(32)33/h6-9H,1-5,19H2,(H2,20,28)(H2,21,29)(H2,22,30)(H2,23,31)(H,24,35)(H,25,34)(H,26,37)(H,27,36)(H,32,33)/t6-,7-,8-,9-/m0/s1. The molecule has 19 heteroatoms. The highest BCUT2D eigenvalue weighted by molar-refractivity contribution is 5.99. The van der Waals surface area contributed by atoms with Gasteiger partial charge in [0.25, 0.3) is 0 Å². The van der Waals surface area contributed by atoms with Crippen molar-refractivity contribution in [1.29, 1.82) is 0 Å². The van der Waals surface area contributed by atoms with Gasteiger partial charge in [-0.25, -0.2) is 0 Å². The van der Waals surface area contributed by atoms with E-state index in [1.807, 2.05) is 21.3 Å². The molecule has 0 radical (unpaired) electrons. The van der Waals surface area contributed by atoms with Crippen LogP contribution in [0.15, 0.2) is 0 Å². The van der Waals surface area contributed by atoms with E-state index >= 15 is 0 Å². The molecule has 0 rings (SSSR count). The van der Waals surface area contributed by atoms with Gasteiger partial charge in [-0.1, -0.05) is 0 Å². The topological polar surface area (TPSA) is 352 Å². The number of primary amides is 4. The van der Waals surface area contributed by atoms with Crippen molar-refractivity contribution in [2.24, 2.45) is 28.7 Å². The third-order valence-electron chi connectivity index (χ3n) is 4.29. The first kappa shape index (κ1) is 32.2. The minimum atomic E-state index is -1.81. The van der Waals surface area contributed by atoms with Crippen LogP contribution in [-0.2, 0) is 43.2 Å². The molecule has 0 saturated carbocycles. The summed E-state index contributed by atoms with van der Waals surface area (Å²) in [5.41, 5.74) is 25.6. The third kappa shape index (κ3) is 13.6. The van der Waals surface area contributed by atoms with Gasteiger partial charge in [-0.2, -0.15) is 0 Å². The smallest absolute Gasteiger partial charge is 0.322 e. The molecule has 0 aromatic rings. The molecule has 0 aliphatic rings. The number of hydrogen-bond donors (Lipinski definition) is 10. The molecule has 4 atom stereocenters. The SMILES string of the molecule is NC(=O)C[C@H](NC(=O)[C@H](CC(N)=O)NC(=O)[C@H](CC(N)=O)NC(=O)[C@@H](N)CC(N)=O)C(=O)NCC(=O)O. The molecule has 0 aromatic heterocycles. The Hall–Kier alpha value is -4.81. The molecule has 0 heterocycles. The molecule has 0 spiro atoms. The summed E-state index contributed by atoms with van der Waals surface area (Å²) in [6.07, 6.45) is -3.04. The van der Waals surface area contributed by atoms with E-state index in [9.17, 15) is 43.2 Å². The highest BCUT2D eigenvalue weighted by Crippen LogP contribution is 2.01. The predicted octanol–water partition coefficient (Wildman–Crippen LogP) is -7.53. The number of carbonyl (C=O) groups is 9. The Kier molecular flexibility index (Phi) is 13.3. The number of carboxylic acids is 1. The van der Waals surface area contributed by atoms with Crippen molar-refractivity contribution in [2.75, 3.05) is 6.54 Å². The van der Waals surface area contributed by atoms with E-state index in [1.165, 1.54) is 0 Å². The molecule has 0 unspecified atom stereocenters. The summed E-state index contributed by atoms with van der Waals surface area (Å²) in [7, 11) is 0. The molecule has 37 heavy (non-hydrogen) atoms. The van der Waals surface area contributed by atoms with Gasteiger partial charge >= 0.3 is 5.97 Å². The first-order valence-electron chi connectivity index (χ1n) is 10.3. The normalized spacial score (nSPS) is 13.5. The molecule has 8 amide bonds. The van der Waals surface area contributed by atoms with Crippen LogP contribution in [-0.4, -0.2) is 89.0 Å². The highest BCUT2D eigenvalue weighted by Gasteiger charge is 2.32. The Morgan fingerprint density at radius 2 is 0.865 bits per heavy atom. The van der Waals surface area contributed by atoms with E-state index < -0.39 is 110 Å². The van der Waals surface area contributed by atoms with Gasteiger partial charge < -0.3 is 55.0 Å². The molecule has 15 N–H and O–H groups in total. The van der Waals surface area contributed by atoms with Crippen molar-refractivity contribution >= 4 is 53.2 Å². The number of hydrogen-bond acceptors (Lipinski definition) is 10. The fraction of sp³-hybridized carbons (Fsp3) is 0.500. The van der Waals surface area contributed by atoms with Crippen molar-refractivity contribution in [1.82, 2.24) is 21.3 Å². The van der Waals surface area contributed by atoms with E-state index in [0.717, 1.165) is 0 Å². The fourth-order valence-corrected chi connectivity index (χ4v) is 2.65. The van der Waals surface area contributed by atoms with Crippen molar-refractivity contribution in [3.8, 4) is 0 Å². The Labute approximate surface area is 208 Å². The molecular formula is C18H29N9O10. The second-order valence-electron chi connectivity index (χ2n) is 7.58. The van der Waals surface area contributed by atoms with Gasteiger partial charge in [0.05, 0.1) is 31.7 Å². The van der Waals surface area contributed by atoms with Crippen LogP contribution in [0.1, 0.15) is 25.7 Å².